The first-order chi connectivity index (χ1) is 9.48. The van der Waals surface area contributed by atoms with E-state index in [9.17, 15) is 9.90 Å². The lowest BCUT2D eigenvalue weighted by Gasteiger charge is -2.19. The molecule has 20 heavy (non-hydrogen) atoms. The monoisotopic (exact) mass is 310 g/mol. The van der Waals surface area contributed by atoms with E-state index >= 15 is 0 Å². The van der Waals surface area contributed by atoms with E-state index in [4.69, 9.17) is 0 Å². The Labute approximate surface area is 127 Å². The molecule has 0 unspecified atom stereocenters. The highest BCUT2D eigenvalue weighted by Gasteiger charge is 2.32. The maximum absolute atomic E-state index is 11.8. The van der Waals surface area contributed by atoms with Crippen molar-refractivity contribution in [1.29, 1.82) is 0 Å². The molecule has 0 aromatic heterocycles. The average Bonchev–Trinajstić information content (AvgIpc) is 2.80. The fraction of sp³-hybridized carbons (Fsp3) is 0.429. The van der Waals surface area contributed by atoms with E-state index < -0.39 is 0 Å². The van der Waals surface area contributed by atoms with Crippen LogP contribution in [0.3, 0.4) is 0 Å². The third-order valence-electron chi connectivity index (χ3n) is 2.96. The minimum atomic E-state index is -0.0993. The molecule has 1 aliphatic rings. The number of phenolic OH excluding ortho intramolecular Hbond substituents is 1. The molecule has 1 saturated heterocycles. The van der Waals surface area contributed by atoms with Crippen LogP contribution in [0, 0.1) is 6.92 Å². The van der Waals surface area contributed by atoms with Crippen molar-refractivity contribution in [2.24, 2.45) is 5.10 Å². The number of carbonyl (C=O) groups is 1. The molecule has 0 spiro atoms. The van der Waals surface area contributed by atoms with Gasteiger partial charge in [-0.2, -0.15) is 5.10 Å². The van der Waals surface area contributed by atoms with Gasteiger partial charge in [0.1, 0.15) is 5.75 Å². The molecular formula is C14H18N2O2S2. The molecular weight excluding hydrogens is 292 g/mol. The zero-order valence-corrected chi connectivity index (χ0v) is 13.2. The number of benzene rings is 1. The molecule has 1 aliphatic heterocycles. The maximum Gasteiger partial charge on any atom is 0.242 e. The molecule has 1 heterocycles. The number of nitrogens with one attached hydrogen (secondary N) is 1. The van der Waals surface area contributed by atoms with Crippen molar-refractivity contribution in [2.45, 2.75) is 24.3 Å². The van der Waals surface area contributed by atoms with Gasteiger partial charge in [-0.15, -0.1) is 23.5 Å². The third kappa shape index (κ3) is 4.18. The molecule has 2 N–H and O–H groups in total. The van der Waals surface area contributed by atoms with E-state index in [0.717, 1.165) is 17.1 Å². The standard InChI is InChI=1S/C14H18N2O2S2/c1-10-3-4-12(17)11(7-10)9-15-16-13(18)8-14(2)19-5-6-20-14/h3-4,7,9,17H,5-6,8H2,1-2H3,(H,16,18)/b15-9-. The van der Waals surface area contributed by atoms with Crippen LogP contribution in [-0.2, 0) is 4.79 Å². The fourth-order valence-corrected chi connectivity index (χ4v) is 4.77. The van der Waals surface area contributed by atoms with E-state index in [1.165, 1.54) is 6.21 Å². The molecule has 108 valence electrons. The predicted octanol–water partition coefficient (Wildman–Crippen LogP) is 2.74. The summed E-state index contributed by atoms with van der Waals surface area (Å²) in [5, 5.41) is 13.6. The highest BCUT2D eigenvalue weighted by molar-refractivity contribution is 8.21. The van der Waals surface area contributed by atoms with Crippen LogP contribution in [0.5, 0.6) is 5.75 Å². The van der Waals surface area contributed by atoms with E-state index in [-0.39, 0.29) is 15.7 Å². The minimum absolute atomic E-state index is 0.0366. The van der Waals surface area contributed by atoms with Crippen molar-refractivity contribution in [3.8, 4) is 5.75 Å². The summed E-state index contributed by atoms with van der Waals surface area (Å²) in [5.74, 6) is 2.24. The van der Waals surface area contributed by atoms with Gasteiger partial charge in [0.05, 0.1) is 16.7 Å². The van der Waals surface area contributed by atoms with Crippen LogP contribution < -0.4 is 5.43 Å². The number of hydrogen-bond donors (Lipinski definition) is 2. The fourth-order valence-electron chi connectivity index (χ4n) is 1.94. The van der Waals surface area contributed by atoms with Crippen molar-refractivity contribution in [3.05, 3.63) is 29.3 Å². The number of hydrogen-bond acceptors (Lipinski definition) is 5. The van der Waals surface area contributed by atoms with Crippen LogP contribution in [-0.4, -0.2) is 32.8 Å². The molecule has 1 aromatic rings. The molecule has 1 fully saturated rings. The van der Waals surface area contributed by atoms with E-state index in [1.807, 2.05) is 42.6 Å². The second kappa shape index (κ2) is 6.54. The Hall–Kier alpha value is -1.14. The Bertz CT molecular complexity index is 526. The summed E-state index contributed by atoms with van der Waals surface area (Å²) in [5.41, 5.74) is 4.15. The highest BCUT2D eigenvalue weighted by Crippen LogP contribution is 2.45. The van der Waals surface area contributed by atoms with E-state index in [2.05, 4.69) is 17.5 Å². The lowest BCUT2D eigenvalue weighted by Crippen LogP contribution is -2.26. The first-order valence-electron chi connectivity index (χ1n) is 6.38. The highest BCUT2D eigenvalue weighted by atomic mass is 32.2. The first-order valence-corrected chi connectivity index (χ1v) is 8.35. The summed E-state index contributed by atoms with van der Waals surface area (Å²) >= 11 is 3.64. The molecule has 6 heteroatoms. The van der Waals surface area contributed by atoms with Gasteiger partial charge in [-0.05, 0) is 26.0 Å². The minimum Gasteiger partial charge on any atom is -0.507 e. The molecule has 0 saturated carbocycles. The third-order valence-corrected chi connectivity index (χ3v) is 6.25. The van der Waals surface area contributed by atoms with Crippen LogP contribution in [0.2, 0.25) is 0 Å². The van der Waals surface area contributed by atoms with Gasteiger partial charge in [-0.3, -0.25) is 4.79 Å². The zero-order valence-electron chi connectivity index (χ0n) is 11.5. The predicted molar refractivity (Wildman–Crippen MR) is 86.5 cm³/mol. The van der Waals surface area contributed by atoms with E-state index in [1.54, 1.807) is 6.07 Å². The van der Waals surface area contributed by atoms with Crippen molar-refractivity contribution < 1.29 is 9.90 Å². The molecule has 4 nitrogen and oxygen atoms in total. The molecule has 0 aliphatic carbocycles. The maximum atomic E-state index is 11.8. The lowest BCUT2D eigenvalue weighted by atomic mass is 10.1. The SMILES string of the molecule is Cc1ccc(O)c(/C=N\NC(=O)CC2(C)SCCS2)c1. The van der Waals surface area contributed by atoms with Crippen LogP contribution in [0.15, 0.2) is 23.3 Å². The van der Waals surface area contributed by atoms with Gasteiger partial charge in [0.25, 0.3) is 0 Å². The Morgan fingerprint density at radius 2 is 2.20 bits per heavy atom. The van der Waals surface area contributed by atoms with Gasteiger partial charge in [0, 0.05) is 17.1 Å². The Morgan fingerprint density at radius 1 is 1.50 bits per heavy atom. The van der Waals surface area contributed by atoms with Crippen LogP contribution in [0.1, 0.15) is 24.5 Å². The second-order valence-corrected chi connectivity index (χ2v) is 8.32. The summed E-state index contributed by atoms with van der Waals surface area (Å²) < 4.78 is -0.0366. The normalized spacial score (nSPS) is 17.5. The average molecular weight is 310 g/mol. The Balaban J connectivity index is 1.89. The number of carbonyl (C=O) groups excluding carboxylic acids is 1. The Kier molecular flexibility index (Phi) is 4.99. The zero-order chi connectivity index (χ0) is 14.6. The van der Waals surface area contributed by atoms with Gasteiger partial charge < -0.3 is 5.11 Å². The van der Waals surface area contributed by atoms with Crippen molar-refractivity contribution in [1.82, 2.24) is 5.43 Å². The molecule has 0 radical (unpaired) electrons. The van der Waals surface area contributed by atoms with Crippen LogP contribution >= 0.6 is 23.5 Å². The summed E-state index contributed by atoms with van der Waals surface area (Å²) in [6.45, 7) is 4.02. The molecule has 0 atom stereocenters. The second-order valence-electron chi connectivity index (χ2n) is 4.86. The number of nitrogens with zero attached hydrogens (tertiary/aromatic N) is 1. The molecule has 1 amide bonds. The summed E-state index contributed by atoms with van der Waals surface area (Å²) in [6.07, 6.45) is 1.91. The number of phenols is 1. The number of rotatable bonds is 4. The topological polar surface area (TPSA) is 61.7 Å². The van der Waals surface area contributed by atoms with Gasteiger partial charge in [-0.25, -0.2) is 5.43 Å². The van der Waals surface area contributed by atoms with E-state index in [0.29, 0.717) is 12.0 Å². The van der Waals surface area contributed by atoms with Gasteiger partial charge in [0.15, 0.2) is 0 Å². The summed E-state index contributed by atoms with van der Waals surface area (Å²) in [7, 11) is 0. The van der Waals surface area contributed by atoms with Crippen LogP contribution in [0.4, 0.5) is 0 Å². The van der Waals surface area contributed by atoms with Crippen molar-refractivity contribution in [3.63, 3.8) is 0 Å². The van der Waals surface area contributed by atoms with Crippen LogP contribution in [0.25, 0.3) is 0 Å². The van der Waals surface area contributed by atoms with Gasteiger partial charge in [0.2, 0.25) is 5.91 Å². The number of aromatic hydroxyl groups is 1. The van der Waals surface area contributed by atoms with Crippen molar-refractivity contribution >= 4 is 35.6 Å². The van der Waals surface area contributed by atoms with Gasteiger partial charge >= 0.3 is 0 Å². The number of aryl methyl sites for hydroxylation is 1. The molecule has 1 aromatic carbocycles. The van der Waals surface area contributed by atoms with Gasteiger partial charge in [-0.1, -0.05) is 11.6 Å². The number of thioether (sulfide) groups is 2. The molecule has 2 rings (SSSR count). The number of hydrazone groups is 1. The number of amides is 1. The Morgan fingerprint density at radius 3 is 2.90 bits per heavy atom. The largest absolute Gasteiger partial charge is 0.507 e. The summed E-state index contributed by atoms with van der Waals surface area (Å²) in [6, 6.07) is 5.25. The lowest BCUT2D eigenvalue weighted by molar-refractivity contribution is -0.121. The first kappa shape index (κ1) is 15.3. The summed E-state index contributed by atoms with van der Waals surface area (Å²) in [4.78, 5) is 11.8. The smallest absolute Gasteiger partial charge is 0.242 e. The quantitative estimate of drug-likeness (QED) is 0.663. The van der Waals surface area contributed by atoms with Crippen molar-refractivity contribution in [2.75, 3.05) is 11.5 Å². The molecule has 0 bridgehead atoms.